The smallest absolute Gasteiger partial charge is 0.264 e. The zero-order valence-corrected chi connectivity index (χ0v) is 21.0. The highest BCUT2D eigenvalue weighted by Crippen LogP contribution is 2.30. The van der Waals surface area contributed by atoms with Crippen LogP contribution in [0, 0.1) is 6.92 Å². The average molecular weight is 500 g/mol. The van der Waals surface area contributed by atoms with E-state index >= 15 is 0 Å². The summed E-state index contributed by atoms with van der Waals surface area (Å²) in [6.45, 7) is 3.48. The highest BCUT2D eigenvalue weighted by molar-refractivity contribution is 7.12. The maximum Gasteiger partial charge on any atom is 0.264 e. The molecule has 4 rings (SSSR count). The summed E-state index contributed by atoms with van der Waals surface area (Å²) in [6, 6.07) is 8.84. The Kier molecular flexibility index (Phi) is 8.18. The van der Waals surface area contributed by atoms with Gasteiger partial charge in [0.1, 0.15) is 6.04 Å². The van der Waals surface area contributed by atoms with Crippen LogP contribution in [0.5, 0.6) is 11.5 Å². The van der Waals surface area contributed by atoms with Crippen LogP contribution in [0.25, 0.3) is 0 Å². The maximum absolute atomic E-state index is 13.4. The van der Waals surface area contributed by atoms with Gasteiger partial charge in [-0.1, -0.05) is 12.1 Å². The number of thiazole rings is 1. The van der Waals surface area contributed by atoms with Crippen molar-refractivity contribution in [1.29, 1.82) is 0 Å². The Hall–Kier alpha value is -2.91. The second kappa shape index (κ2) is 11.5. The summed E-state index contributed by atoms with van der Waals surface area (Å²) < 4.78 is 11.6. The van der Waals surface area contributed by atoms with E-state index in [2.05, 4.69) is 10.3 Å². The van der Waals surface area contributed by atoms with Crippen LogP contribution >= 0.6 is 22.7 Å². The predicted molar refractivity (Wildman–Crippen MR) is 134 cm³/mol. The molecule has 180 valence electrons. The molecular weight excluding hydrogens is 470 g/mol. The van der Waals surface area contributed by atoms with Gasteiger partial charge in [0.2, 0.25) is 5.91 Å². The van der Waals surface area contributed by atoms with Gasteiger partial charge in [-0.05, 0) is 55.3 Å². The number of nitrogens with zero attached hydrogens (tertiary/aromatic N) is 2. The number of hydrogen-bond donors (Lipinski definition) is 1. The molecule has 0 radical (unpaired) electrons. The van der Waals surface area contributed by atoms with Gasteiger partial charge in [-0.2, -0.15) is 0 Å². The Labute approximate surface area is 207 Å². The molecule has 1 N–H and O–H groups in total. The Morgan fingerprint density at radius 3 is 2.85 bits per heavy atom. The third-order valence-corrected chi connectivity index (χ3v) is 7.74. The molecule has 9 heteroatoms. The topological polar surface area (TPSA) is 80.8 Å². The summed E-state index contributed by atoms with van der Waals surface area (Å²) in [6.07, 6.45) is 3.25. The Bertz CT molecular complexity index is 1110. The molecule has 2 amide bonds. The zero-order chi connectivity index (χ0) is 23.9. The minimum atomic E-state index is -0.498. The fourth-order valence-corrected chi connectivity index (χ4v) is 5.47. The summed E-state index contributed by atoms with van der Waals surface area (Å²) in [7, 11) is 1.60. The first kappa shape index (κ1) is 24.2. The van der Waals surface area contributed by atoms with Gasteiger partial charge in [0, 0.05) is 24.4 Å². The van der Waals surface area contributed by atoms with Crippen molar-refractivity contribution in [3.8, 4) is 11.5 Å². The van der Waals surface area contributed by atoms with E-state index in [1.165, 1.54) is 16.2 Å². The first-order valence-corrected chi connectivity index (χ1v) is 13.1. The fourth-order valence-electron chi connectivity index (χ4n) is 4.03. The van der Waals surface area contributed by atoms with E-state index in [0.717, 1.165) is 30.5 Å². The van der Waals surface area contributed by atoms with E-state index in [-0.39, 0.29) is 11.8 Å². The van der Waals surface area contributed by atoms with Crippen LogP contribution < -0.4 is 14.8 Å². The molecule has 0 aliphatic carbocycles. The molecule has 1 aromatic carbocycles. The van der Waals surface area contributed by atoms with Crippen LogP contribution in [-0.2, 0) is 17.8 Å². The Balaban J connectivity index is 1.51. The normalized spacial score (nSPS) is 15.9. The summed E-state index contributed by atoms with van der Waals surface area (Å²) in [5.74, 6) is 1.04. The SMILES string of the molecule is COc1cc(CN(C(=O)c2cccs2)[C@H]2CCCCNC2=O)ccc1OCCc1scnc1C. The lowest BCUT2D eigenvalue weighted by Gasteiger charge is -2.30. The second-order valence-corrected chi connectivity index (χ2v) is 10.0. The standard InChI is InChI=1S/C25H29N3O4S2/c1-17-22(34-16-27-17)10-12-32-20-9-8-18(14-21(20)31-2)15-28(25(30)23-7-5-13-33-23)19-6-3-4-11-26-24(19)29/h5,7-9,13-14,16,19H,3-4,6,10-12,15H2,1-2H3,(H,26,29)/t19-/m0/s1. The van der Waals surface area contributed by atoms with Crippen LogP contribution in [-0.4, -0.2) is 48.0 Å². The summed E-state index contributed by atoms with van der Waals surface area (Å²) >= 11 is 3.02. The minimum Gasteiger partial charge on any atom is -0.493 e. The van der Waals surface area contributed by atoms with E-state index < -0.39 is 6.04 Å². The number of rotatable bonds is 9. The molecule has 1 fully saturated rings. The van der Waals surface area contributed by atoms with Gasteiger partial charge >= 0.3 is 0 Å². The molecule has 0 bridgehead atoms. The van der Waals surface area contributed by atoms with E-state index in [1.807, 2.05) is 42.1 Å². The second-order valence-electron chi connectivity index (χ2n) is 8.16. The number of hydrogen-bond acceptors (Lipinski definition) is 7. The van der Waals surface area contributed by atoms with Crippen LogP contribution in [0.4, 0.5) is 0 Å². The maximum atomic E-state index is 13.4. The van der Waals surface area contributed by atoms with Gasteiger partial charge < -0.3 is 19.7 Å². The van der Waals surface area contributed by atoms with Crippen molar-refractivity contribution < 1.29 is 19.1 Å². The molecule has 34 heavy (non-hydrogen) atoms. The Morgan fingerprint density at radius 2 is 2.12 bits per heavy atom. The summed E-state index contributed by atoms with van der Waals surface area (Å²) in [5, 5.41) is 4.83. The number of aryl methyl sites for hydroxylation is 1. The fraction of sp³-hybridized carbons (Fsp3) is 0.400. The number of methoxy groups -OCH3 is 1. The highest BCUT2D eigenvalue weighted by Gasteiger charge is 2.32. The lowest BCUT2D eigenvalue weighted by atomic mass is 10.1. The molecule has 3 heterocycles. The van der Waals surface area contributed by atoms with Crippen LogP contribution in [0.3, 0.4) is 0 Å². The van der Waals surface area contributed by atoms with Crippen molar-refractivity contribution in [3.05, 3.63) is 62.2 Å². The lowest BCUT2D eigenvalue weighted by molar-refractivity contribution is -0.125. The van der Waals surface area contributed by atoms with Crippen LogP contribution in [0.2, 0.25) is 0 Å². The molecule has 1 saturated heterocycles. The number of thiophene rings is 1. The molecule has 1 aliphatic rings. The van der Waals surface area contributed by atoms with Crippen molar-refractivity contribution in [2.24, 2.45) is 0 Å². The van der Waals surface area contributed by atoms with Gasteiger partial charge in [0.15, 0.2) is 11.5 Å². The van der Waals surface area contributed by atoms with Crippen molar-refractivity contribution in [1.82, 2.24) is 15.2 Å². The van der Waals surface area contributed by atoms with Gasteiger partial charge in [-0.3, -0.25) is 9.59 Å². The molecule has 0 unspecified atom stereocenters. The number of carbonyl (C=O) groups is 2. The van der Waals surface area contributed by atoms with Crippen molar-refractivity contribution in [2.45, 2.75) is 45.2 Å². The zero-order valence-electron chi connectivity index (χ0n) is 19.4. The predicted octanol–water partition coefficient (Wildman–Crippen LogP) is 4.45. The van der Waals surface area contributed by atoms with Crippen molar-refractivity contribution in [3.63, 3.8) is 0 Å². The van der Waals surface area contributed by atoms with E-state index in [0.29, 0.717) is 42.5 Å². The molecule has 1 atom stereocenters. The van der Waals surface area contributed by atoms with Crippen molar-refractivity contribution in [2.75, 3.05) is 20.3 Å². The number of carbonyl (C=O) groups excluding carboxylic acids is 2. The number of benzene rings is 1. The third kappa shape index (κ3) is 5.77. The molecule has 1 aliphatic heterocycles. The van der Waals surface area contributed by atoms with E-state index in [4.69, 9.17) is 9.47 Å². The number of amides is 2. The first-order chi connectivity index (χ1) is 16.6. The summed E-state index contributed by atoms with van der Waals surface area (Å²) in [5.41, 5.74) is 3.76. The van der Waals surface area contributed by atoms with Gasteiger partial charge in [0.05, 0.1) is 29.8 Å². The summed E-state index contributed by atoms with van der Waals surface area (Å²) in [4.78, 5) is 34.0. The van der Waals surface area contributed by atoms with E-state index in [9.17, 15) is 9.59 Å². The van der Waals surface area contributed by atoms with Crippen molar-refractivity contribution >= 4 is 34.5 Å². The van der Waals surface area contributed by atoms with Gasteiger partial charge in [-0.25, -0.2) is 4.98 Å². The number of aromatic nitrogens is 1. The van der Waals surface area contributed by atoms with Crippen LogP contribution in [0.15, 0.2) is 41.2 Å². The molecule has 0 spiro atoms. The molecule has 7 nitrogen and oxygen atoms in total. The lowest BCUT2D eigenvalue weighted by Crippen LogP contribution is -2.48. The minimum absolute atomic E-state index is 0.0901. The highest BCUT2D eigenvalue weighted by atomic mass is 32.1. The largest absolute Gasteiger partial charge is 0.493 e. The monoisotopic (exact) mass is 499 g/mol. The molecule has 3 aromatic rings. The molecule has 2 aromatic heterocycles. The first-order valence-electron chi connectivity index (χ1n) is 11.4. The quantitative estimate of drug-likeness (QED) is 0.470. The average Bonchev–Trinajstić information content (AvgIpc) is 3.48. The van der Waals surface area contributed by atoms with Crippen LogP contribution in [0.1, 0.15) is 45.1 Å². The number of ether oxygens (including phenoxy) is 2. The van der Waals surface area contributed by atoms with Gasteiger partial charge in [0.25, 0.3) is 5.91 Å². The van der Waals surface area contributed by atoms with E-state index in [1.54, 1.807) is 29.4 Å². The Morgan fingerprint density at radius 1 is 1.24 bits per heavy atom. The van der Waals surface area contributed by atoms with Gasteiger partial charge in [-0.15, -0.1) is 22.7 Å². The number of nitrogens with one attached hydrogen (secondary N) is 1. The third-order valence-electron chi connectivity index (χ3n) is 5.89. The molecule has 0 saturated carbocycles. The molecular formula is C25H29N3O4S2.